The van der Waals surface area contributed by atoms with E-state index in [1.807, 2.05) is 0 Å². The highest BCUT2D eigenvalue weighted by Crippen LogP contribution is 2.38. The van der Waals surface area contributed by atoms with E-state index in [1.54, 1.807) is 0 Å². The van der Waals surface area contributed by atoms with Crippen LogP contribution in [0.15, 0.2) is 41.3 Å². The van der Waals surface area contributed by atoms with Crippen molar-refractivity contribution in [2.75, 3.05) is 52.4 Å². The van der Waals surface area contributed by atoms with Crippen molar-refractivity contribution in [3.8, 4) is 11.5 Å². The van der Waals surface area contributed by atoms with Gasteiger partial charge >= 0.3 is 0 Å². The zero-order valence-electron chi connectivity index (χ0n) is 17.6. The molecule has 170 valence electrons. The minimum absolute atomic E-state index is 0.0345. The number of rotatable bonds is 10. The first-order chi connectivity index (χ1) is 14.6. The summed E-state index contributed by atoms with van der Waals surface area (Å²) in [4.78, 5) is 13.7. The van der Waals surface area contributed by atoms with Crippen molar-refractivity contribution >= 4 is 44.8 Å². The minimum atomic E-state index is -4.16. The summed E-state index contributed by atoms with van der Waals surface area (Å²) in [6, 6.07) is 8.58. The fourth-order valence-corrected chi connectivity index (χ4v) is 4.51. The monoisotopic (exact) mass is 490 g/mol. The largest absolute Gasteiger partial charge is 0.497 e. The van der Waals surface area contributed by atoms with Crippen LogP contribution < -0.4 is 13.8 Å². The third-order valence-electron chi connectivity index (χ3n) is 4.24. The quantitative estimate of drug-likeness (QED) is 0.475. The molecule has 8 nitrogen and oxygen atoms in total. The predicted molar refractivity (Wildman–Crippen MR) is 120 cm³/mol. The number of hydrogen-bond acceptors (Lipinski definition) is 6. The van der Waals surface area contributed by atoms with Crippen LogP contribution >= 0.6 is 23.2 Å². The zero-order valence-corrected chi connectivity index (χ0v) is 19.9. The number of halogens is 2. The molecule has 0 atom stereocenters. The first-order valence-electron chi connectivity index (χ1n) is 9.09. The molecule has 0 aromatic heterocycles. The van der Waals surface area contributed by atoms with Gasteiger partial charge in [-0.25, -0.2) is 8.42 Å². The van der Waals surface area contributed by atoms with Gasteiger partial charge in [0.15, 0.2) is 0 Å². The normalized spacial score (nSPS) is 11.2. The van der Waals surface area contributed by atoms with Crippen LogP contribution in [0.5, 0.6) is 11.5 Å². The number of anilines is 1. The van der Waals surface area contributed by atoms with Gasteiger partial charge in [-0.2, -0.15) is 0 Å². The smallest absolute Gasteiger partial charge is 0.264 e. The number of amides is 1. The molecule has 0 aliphatic carbocycles. The number of likely N-dealkylation sites (N-methyl/N-ethyl adjacent to an activating group) is 1. The van der Waals surface area contributed by atoms with E-state index in [1.165, 1.54) is 69.6 Å². The molecule has 0 N–H and O–H groups in total. The molecule has 0 saturated carbocycles. The van der Waals surface area contributed by atoms with E-state index in [4.69, 9.17) is 37.4 Å². The number of sulfonamides is 1. The van der Waals surface area contributed by atoms with Gasteiger partial charge in [-0.1, -0.05) is 23.2 Å². The molecule has 0 spiro atoms. The second kappa shape index (κ2) is 10.9. The molecule has 0 saturated heterocycles. The van der Waals surface area contributed by atoms with Crippen molar-refractivity contribution in [3.63, 3.8) is 0 Å². The van der Waals surface area contributed by atoms with Gasteiger partial charge in [-0.3, -0.25) is 9.10 Å². The third-order valence-corrected chi connectivity index (χ3v) is 6.61. The highest BCUT2D eigenvalue weighted by atomic mass is 35.5. The molecule has 2 aromatic carbocycles. The molecule has 1 amide bonds. The van der Waals surface area contributed by atoms with Crippen LogP contribution in [0, 0.1) is 0 Å². The first-order valence-corrected chi connectivity index (χ1v) is 11.3. The maximum absolute atomic E-state index is 13.5. The molecule has 0 heterocycles. The van der Waals surface area contributed by atoms with Gasteiger partial charge < -0.3 is 19.1 Å². The first kappa shape index (κ1) is 25.1. The minimum Gasteiger partial charge on any atom is -0.497 e. The van der Waals surface area contributed by atoms with Gasteiger partial charge in [0.25, 0.3) is 10.0 Å². The molecular weight excluding hydrogens is 467 g/mol. The van der Waals surface area contributed by atoms with Crippen molar-refractivity contribution in [2.24, 2.45) is 0 Å². The van der Waals surface area contributed by atoms with Crippen LogP contribution in [0.2, 0.25) is 10.0 Å². The number of hydrogen-bond donors (Lipinski definition) is 0. The third kappa shape index (κ3) is 6.16. The molecule has 0 aliphatic rings. The highest BCUT2D eigenvalue weighted by Gasteiger charge is 2.30. The average Bonchev–Trinajstić information content (AvgIpc) is 2.73. The molecule has 31 heavy (non-hydrogen) atoms. The summed E-state index contributed by atoms with van der Waals surface area (Å²) in [5, 5.41) is 0.248. The number of carbonyl (C=O) groups excluding carboxylic acids is 1. The fourth-order valence-electron chi connectivity index (χ4n) is 2.49. The Balaban J connectivity index is 2.57. The number of benzene rings is 2. The summed E-state index contributed by atoms with van der Waals surface area (Å²) >= 11 is 12.5. The number of nitrogens with zero attached hydrogens (tertiary/aromatic N) is 2. The van der Waals surface area contributed by atoms with Gasteiger partial charge in [-0.15, -0.1) is 0 Å². The summed E-state index contributed by atoms with van der Waals surface area (Å²) in [5.41, 5.74) is 0.0597. The molecule has 0 bridgehead atoms. The lowest BCUT2D eigenvalue weighted by molar-refractivity contribution is -0.127. The summed E-state index contributed by atoms with van der Waals surface area (Å²) in [6.45, 7) is 0.0284. The Morgan fingerprint density at radius 1 is 1.00 bits per heavy atom. The number of ether oxygens (including phenoxy) is 3. The molecule has 2 rings (SSSR count). The second-order valence-electron chi connectivity index (χ2n) is 6.55. The van der Waals surface area contributed by atoms with Crippen molar-refractivity contribution < 1.29 is 27.4 Å². The Labute approximate surface area is 192 Å². The summed E-state index contributed by atoms with van der Waals surface area (Å²) in [6.07, 6.45) is 0. The molecule has 0 aliphatic heterocycles. The van der Waals surface area contributed by atoms with Crippen molar-refractivity contribution in [3.05, 3.63) is 46.4 Å². The Morgan fingerprint density at radius 2 is 1.65 bits per heavy atom. The Kier molecular flexibility index (Phi) is 8.81. The number of carbonyl (C=O) groups is 1. The second-order valence-corrected chi connectivity index (χ2v) is 9.23. The van der Waals surface area contributed by atoms with E-state index >= 15 is 0 Å². The molecular formula is C20H24Cl2N2O6S. The highest BCUT2D eigenvalue weighted by molar-refractivity contribution is 7.92. The van der Waals surface area contributed by atoms with Crippen LogP contribution in [0.3, 0.4) is 0 Å². The van der Waals surface area contributed by atoms with Crippen LogP contribution in [0.4, 0.5) is 5.69 Å². The SMILES string of the molecule is COCCOc1cc(N(CC(=O)N(C)C)S(=O)(=O)c2ccc(OC)cc2)c(Cl)cc1Cl. The Hall–Kier alpha value is -2.20. The Bertz CT molecular complexity index is 1010. The lowest BCUT2D eigenvalue weighted by atomic mass is 10.3. The Morgan fingerprint density at radius 3 is 2.19 bits per heavy atom. The van der Waals surface area contributed by atoms with Gasteiger partial charge in [0.05, 0.1) is 34.3 Å². The van der Waals surface area contributed by atoms with E-state index in [0.717, 1.165) is 4.31 Å². The zero-order chi connectivity index (χ0) is 23.2. The van der Waals surface area contributed by atoms with Crippen LogP contribution in [-0.4, -0.2) is 67.3 Å². The molecule has 0 unspecified atom stereocenters. The molecule has 11 heteroatoms. The molecule has 2 aromatic rings. The van der Waals surface area contributed by atoms with E-state index in [0.29, 0.717) is 12.4 Å². The lowest BCUT2D eigenvalue weighted by Crippen LogP contribution is -2.40. The van der Waals surface area contributed by atoms with Gasteiger partial charge in [0.2, 0.25) is 5.91 Å². The molecule has 0 radical (unpaired) electrons. The lowest BCUT2D eigenvalue weighted by Gasteiger charge is -2.27. The van der Waals surface area contributed by atoms with E-state index in [2.05, 4.69) is 0 Å². The predicted octanol–water partition coefficient (Wildman–Crippen LogP) is 3.31. The van der Waals surface area contributed by atoms with Crippen LogP contribution in [-0.2, 0) is 19.6 Å². The average molecular weight is 491 g/mol. The van der Waals surface area contributed by atoms with Gasteiger partial charge in [-0.05, 0) is 30.3 Å². The van der Waals surface area contributed by atoms with Gasteiger partial charge in [0.1, 0.15) is 24.7 Å². The maximum Gasteiger partial charge on any atom is 0.264 e. The standard InChI is InChI=1S/C20H24Cl2N2O6S/c1-23(2)20(25)13-24(31(26,27)15-7-5-14(29-4)6-8-15)18-12-19(30-10-9-28-3)17(22)11-16(18)21/h5-8,11-12H,9-10,13H2,1-4H3. The summed E-state index contributed by atoms with van der Waals surface area (Å²) in [7, 11) is 1.90. The van der Waals surface area contributed by atoms with E-state index < -0.39 is 22.5 Å². The fraction of sp³-hybridized carbons (Fsp3) is 0.350. The molecule has 0 fully saturated rings. The topological polar surface area (TPSA) is 85.4 Å². The van der Waals surface area contributed by atoms with Gasteiger partial charge in [0, 0.05) is 27.3 Å². The maximum atomic E-state index is 13.5. The van der Waals surface area contributed by atoms with Crippen LogP contribution in [0.25, 0.3) is 0 Å². The summed E-state index contributed by atoms with van der Waals surface area (Å²) in [5.74, 6) is 0.267. The van der Waals surface area contributed by atoms with Crippen LogP contribution in [0.1, 0.15) is 0 Å². The summed E-state index contributed by atoms with van der Waals surface area (Å²) < 4.78 is 43.5. The van der Waals surface area contributed by atoms with Crippen molar-refractivity contribution in [1.29, 1.82) is 0 Å². The van der Waals surface area contributed by atoms with Crippen molar-refractivity contribution in [1.82, 2.24) is 4.90 Å². The van der Waals surface area contributed by atoms with E-state index in [9.17, 15) is 13.2 Å². The van der Waals surface area contributed by atoms with E-state index in [-0.39, 0.29) is 33.0 Å². The van der Waals surface area contributed by atoms with Crippen molar-refractivity contribution in [2.45, 2.75) is 4.90 Å². The number of methoxy groups -OCH3 is 2.